The first-order valence-electron chi connectivity index (χ1n) is 9.79. The molecule has 4 aromatic rings. The van der Waals surface area contributed by atoms with Crippen molar-refractivity contribution in [2.45, 2.75) is 6.42 Å². The Balaban J connectivity index is 1.29. The Hall–Kier alpha value is -4.53. The summed E-state index contributed by atoms with van der Waals surface area (Å²) in [5.41, 5.74) is 1.86. The van der Waals surface area contributed by atoms with Crippen LogP contribution in [0.3, 0.4) is 0 Å². The summed E-state index contributed by atoms with van der Waals surface area (Å²) in [6, 6.07) is 17.1. The van der Waals surface area contributed by atoms with E-state index in [1.165, 1.54) is 6.26 Å². The van der Waals surface area contributed by atoms with Gasteiger partial charge in [-0.3, -0.25) is 19.3 Å². The van der Waals surface area contributed by atoms with Crippen molar-refractivity contribution in [2.75, 3.05) is 11.9 Å². The van der Waals surface area contributed by atoms with Gasteiger partial charge in [0.05, 0.1) is 23.8 Å². The lowest BCUT2D eigenvalue weighted by Crippen LogP contribution is -2.37. The van der Waals surface area contributed by atoms with Gasteiger partial charge in [0.25, 0.3) is 11.8 Å². The molecule has 1 N–H and O–H groups in total. The molecule has 158 valence electrons. The summed E-state index contributed by atoms with van der Waals surface area (Å²) in [6.45, 7) is -0.385. The maximum Gasteiger partial charge on any atom is 0.262 e. The van der Waals surface area contributed by atoms with Crippen molar-refractivity contribution in [3.8, 4) is 11.6 Å². The zero-order valence-electron chi connectivity index (χ0n) is 16.6. The molecule has 2 aromatic heterocycles. The van der Waals surface area contributed by atoms with E-state index in [0.717, 1.165) is 10.5 Å². The van der Waals surface area contributed by atoms with E-state index in [1.807, 2.05) is 12.1 Å². The van der Waals surface area contributed by atoms with Crippen molar-refractivity contribution < 1.29 is 23.3 Å². The molecular weight excluding hydrogens is 412 g/mol. The van der Waals surface area contributed by atoms with E-state index in [0.29, 0.717) is 34.3 Å². The number of imide groups is 1. The molecule has 0 unspecified atom stereocenters. The quantitative estimate of drug-likeness (QED) is 0.469. The fraction of sp³-hybridized carbons (Fsp3) is 0.0870. The van der Waals surface area contributed by atoms with Crippen molar-refractivity contribution in [1.82, 2.24) is 15.0 Å². The average Bonchev–Trinajstić information content (AvgIpc) is 3.54. The molecule has 3 heterocycles. The number of anilines is 1. The lowest BCUT2D eigenvalue weighted by atomic mass is 10.1. The van der Waals surface area contributed by atoms with Crippen LogP contribution in [-0.2, 0) is 11.2 Å². The largest absolute Gasteiger partial charge is 0.461 e. The second-order valence-electron chi connectivity index (χ2n) is 7.11. The molecule has 0 saturated carbocycles. The number of nitrogens with one attached hydrogen (secondary N) is 1. The number of para-hydroxylation sites is 1. The molecule has 2 aromatic carbocycles. The second-order valence-corrected chi connectivity index (χ2v) is 7.11. The third-order valence-electron chi connectivity index (χ3n) is 5.02. The highest BCUT2D eigenvalue weighted by Crippen LogP contribution is 2.24. The van der Waals surface area contributed by atoms with E-state index >= 15 is 0 Å². The van der Waals surface area contributed by atoms with Crippen LogP contribution in [0.25, 0.3) is 11.6 Å². The van der Waals surface area contributed by atoms with Crippen LogP contribution in [0.5, 0.6) is 0 Å². The topological polar surface area (TPSA) is 119 Å². The predicted octanol–water partition coefficient (Wildman–Crippen LogP) is 3.16. The molecule has 1 aliphatic heterocycles. The number of carbonyl (C=O) groups excluding carboxylic acids is 3. The van der Waals surface area contributed by atoms with Crippen LogP contribution in [0.15, 0.2) is 75.9 Å². The van der Waals surface area contributed by atoms with Crippen molar-refractivity contribution in [3.05, 3.63) is 89.5 Å². The van der Waals surface area contributed by atoms with Gasteiger partial charge in [0.15, 0.2) is 5.76 Å². The Labute approximate surface area is 181 Å². The number of fused-ring (bicyclic) bond motifs is 1. The number of furan rings is 1. The lowest BCUT2D eigenvalue weighted by Gasteiger charge is -2.15. The number of hydrogen-bond acceptors (Lipinski definition) is 7. The van der Waals surface area contributed by atoms with Gasteiger partial charge in [0.1, 0.15) is 6.54 Å². The van der Waals surface area contributed by atoms with E-state index in [1.54, 1.807) is 48.5 Å². The van der Waals surface area contributed by atoms with Gasteiger partial charge >= 0.3 is 0 Å². The Bertz CT molecular complexity index is 1290. The number of aromatic nitrogens is 2. The van der Waals surface area contributed by atoms with Crippen LogP contribution >= 0.6 is 0 Å². The van der Waals surface area contributed by atoms with Gasteiger partial charge in [-0.05, 0) is 35.9 Å². The van der Waals surface area contributed by atoms with Crippen molar-refractivity contribution >= 4 is 23.4 Å². The minimum atomic E-state index is -0.492. The highest BCUT2D eigenvalue weighted by atomic mass is 16.5. The molecule has 1 aliphatic rings. The van der Waals surface area contributed by atoms with Gasteiger partial charge in [-0.1, -0.05) is 35.5 Å². The fourth-order valence-corrected chi connectivity index (χ4v) is 3.51. The third kappa shape index (κ3) is 3.56. The zero-order chi connectivity index (χ0) is 22.1. The van der Waals surface area contributed by atoms with Crippen molar-refractivity contribution in [3.63, 3.8) is 0 Å². The van der Waals surface area contributed by atoms with Gasteiger partial charge in [0.2, 0.25) is 17.6 Å². The van der Waals surface area contributed by atoms with E-state index in [2.05, 4.69) is 15.5 Å². The van der Waals surface area contributed by atoms with Gasteiger partial charge in [0, 0.05) is 5.69 Å². The average molecular weight is 428 g/mol. The van der Waals surface area contributed by atoms with Crippen LogP contribution in [0.1, 0.15) is 32.2 Å². The van der Waals surface area contributed by atoms with Gasteiger partial charge < -0.3 is 14.3 Å². The number of rotatable bonds is 6. The Morgan fingerprint density at radius 1 is 0.938 bits per heavy atom. The maximum atomic E-state index is 12.7. The molecule has 0 radical (unpaired) electrons. The molecule has 5 rings (SSSR count). The van der Waals surface area contributed by atoms with Crippen molar-refractivity contribution in [1.29, 1.82) is 0 Å². The summed E-state index contributed by atoms with van der Waals surface area (Å²) in [5.74, 6) is -0.289. The first-order valence-corrected chi connectivity index (χ1v) is 9.79. The molecule has 9 heteroatoms. The number of nitrogens with zero attached hydrogens (tertiary/aromatic N) is 3. The molecule has 3 amide bonds. The van der Waals surface area contributed by atoms with E-state index in [-0.39, 0.29) is 13.0 Å². The lowest BCUT2D eigenvalue weighted by molar-refractivity contribution is -0.116. The van der Waals surface area contributed by atoms with Gasteiger partial charge in [-0.2, -0.15) is 4.98 Å². The monoisotopic (exact) mass is 428 g/mol. The molecule has 32 heavy (non-hydrogen) atoms. The van der Waals surface area contributed by atoms with E-state index < -0.39 is 17.7 Å². The normalized spacial score (nSPS) is 12.8. The smallest absolute Gasteiger partial charge is 0.262 e. The summed E-state index contributed by atoms with van der Waals surface area (Å²) in [4.78, 5) is 42.9. The predicted molar refractivity (Wildman–Crippen MR) is 112 cm³/mol. The summed E-state index contributed by atoms with van der Waals surface area (Å²) < 4.78 is 10.6. The summed E-state index contributed by atoms with van der Waals surface area (Å²) in [6.07, 6.45) is 1.79. The van der Waals surface area contributed by atoms with E-state index in [4.69, 9.17) is 8.94 Å². The molecule has 0 spiro atoms. The first kappa shape index (κ1) is 19.4. The highest BCUT2D eigenvalue weighted by molar-refractivity contribution is 6.22. The molecule has 9 nitrogen and oxygen atoms in total. The summed E-state index contributed by atoms with van der Waals surface area (Å²) >= 11 is 0. The standard InChI is InChI=1S/C23H16N4O5/c28-19(13-27-22(29)15-7-2-3-8-16(15)23(27)30)24-17-9-4-1-6-14(17)12-20-25-21(26-32-20)18-10-5-11-31-18/h1-11H,12-13H2,(H,24,28). The minimum absolute atomic E-state index is 0.275. The second kappa shape index (κ2) is 7.95. The van der Waals surface area contributed by atoms with Crippen LogP contribution < -0.4 is 5.32 Å². The SMILES string of the molecule is O=C(CN1C(=O)c2ccccc2C1=O)Nc1ccccc1Cc1nc(-c2ccco2)no1. The fourth-order valence-electron chi connectivity index (χ4n) is 3.51. The Morgan fingerprint density at radius 2 is 1.66 bits per heavy atom. The molecule has 0 fully saturated rings. The van der Waals surface area contributed by atoms with E-state index in [9.17, 15) is 14.4 Å². The summed E-state index contributed by atoms with van der Waals surface area (Å²) in [7, 11) is 0. The molecule has 0 bridgehead atoms. The Kier molecular flexibility index (Phi) is 4.83. The first-order chi connectivity index (χ1) is 15.6. The number of amides is 3. The number of benzene rings is 2. The number of carbonyl (C=O) groups is 3. The maximum absolute atomic E-state index is 12.7. The molecule has 0 saturated heterocycles. The summed E-state index contributed by atoms with van der Waals surface area (Å²) in [5, 5.41) is 6.67. The zero-order valence-corrected chi connectivity index (χ0v) is 16.6. The Morgan fingerprint density at radius 3 is 2.38 bits per heavy atom. The molecular formula is C23H16N4O5. The van der Waals surface area contributed by atoms with Gasteiger partial charge in [-0.25, -0.2) is 0 Å². The van der Waals surface area contributed by atoms with Crippen LogP contribution in [0.2, 0.25) is 0 Å². The molecule has 0 atom stereocenters. The van der Waals surface area contributed by atoms with Crippen LogP contribution in [0.4, 0.5) is 5.69 Å². The highest BCUT2D eigenvalue weighted by Gasteiger charge is 2.36. The third-order valence-corrected chi connectivity index (χ3v) is 5.02. The number of hydrogen-bond donors (Lipinski definition) is 1. The van der Waals surface area contributed by atoms with Crippen LogP contribution in [0, 0.1) is 0 Å². The molecule has 0 aliphatic carbocycles. The van der Waals surface area contributed by atoms with Crippen molar-refractivity contribution in [2.24, 2.45) is 0 Å². The van der Waals surface area contributed by atoms with Gasteiger partial charge in [-0.15, -0.1) is 0 Å². The minimum Gasteiger partial charge on any atom is -0.461 e. The van der Waals surface area contributed by atoms with Crippen LogP contribution in [-0.4, -0.2) is 39.3 Å².